The van der Waals surface area contributed by atoms with E-state index >= 15 is 0 Å². The first-order chi connectivity index (χ1) is 7.11. The summed E-state index contributed by atoms with van der Waals surface area (Å²) in [5.74, 6) is 0.337. The molecule has 0 amide bonds. The summed E-state index contributed by atoms with van der Waals surface area (Å²) in [4.78, 5) is 0. The van der Waals surface area contributed by atoms with Crippen molar-refractivity contribution in [3.63, 3.8) is 0 Å². The van der Waals surface area contributed by atoms with E-state index in [2.05, 4.69) is 5.32 Å². The van der Waals surface area contributed by atoms with Crippen molar-refractivity contribution in [2.45, 2.75) is 44.7 Å². The first kappa shape index (κ1) is 11.4. The van der Waals surface area contributed by atoms with Crippen LogP contribution in [-0.4, -0.2) is 43.6 Å². The molecule has 0 aromatic carbocycles. The fraction of sp³-hybridized carbons (Fsp3) is 1.00. The Kier molecular flexibility index (Phi) is 3.33. The van der Waals surface area contributed by atoms with Gasteiger partial charge in [-0.2, -0.15) is 4.31 Å². The van der Waals surface area contributed by atoms with Crippen molar-refractivity contribution in [3.8, 4) is 0 Å². The molecular weight excluding hydrogens is 212 g/mol. The van der Waals surface area contributed by atoms with Crippen LogP contribution in [0.3, 0.4) is 0 Å². The Labute approximate surface area is 92.1 Å². The van der Waals surface area contributed by atoms with Crippen LogP contribution in [0.5, 0.6) is 0 Å². The van der Waals surface area contributed by atoms with E-state index in [0.717, 1.165) is 19.4 Å². The molecule has 0 bridgehead atoms. The summed E-state index contributed by atoms with van der Waals surface area (Å²) in [6, 6.07) is 0.476. The molecule has 0 aliphatic carbocycles. The summed E-state index contributed by atoms with van der Waals surface area (Å²) in [6.07, 6.45) is 4.33. The number of rotatable bonds is 2. The van der Waals surface area contributed by atoms with Gasteiger partial charge in [0.25, 0.3) is 0 Å². The maximum atomic E-state index is 11.7. The summed E-state index contributed by atoms with van der Waals surface area (Å²) in [7, 11) is -2.94. The first-order valence-electron chi connectivity index (χ1n) is 5.84. The lowest BCUT2D eigenvalue weighted by atomic mass is 9.99. The molecule has 2 aliphatic heterocycles. The van der Waals surface area contributed by atoms with Crippen molar-refractivity contribution >= 4 is 10.0 Å². The Bertz CT molecular complexity index is 309. The van der Waals surface area contributed by atoms with E-state index in [1.54, 1.807) is 4.31 Å². The van der Waals surface area contributed by atoms with E-state index in [4.69, 9.17) is 0 Å². The molecule has 2 rings (SSSR count). The van der Waals surface area contributed by atoms with Crippen molar-refractivity contribution in [2.75, 3.05) is 18.8 Å². The Hall–Kier alpha value is -0.130. The second-order valence-corrected chi connectivity index (χ2v) is 6.62. The SMILES string of the molecule is CC(C1CCCCN1)N1CCCS1(=O)=O. The highest BCUT2D eigenvalue weighted by Crippen LogP contribution is 2.22. The minimum absolute atomic E-state index is 0.123. The van der Waals surface area contributed by atoms with E-state index in [1.165, 1.54) is 12.8 Å². The average Bonchev–Trinajstić information content (AvgIpc) is 2.58. The number of nitrogens with one attached hydrogen (secondary N) is 1. The third kappa shape index (κ3) is 2.34. The number of hydrogen-bond donors (Lipinski definition) is 1. The van der Waals surface area contributed by atoms with Gasteiger partial charge < -0.3 is 5.32 Å². The lowest BCUT2D eigenvalue weighted by molar-refractivity contribution is 0.250. The van der Waals surface area contributed by atoms with E-state index < -0.39 is 10.0 Å². The van der Waals surface area contributed by atoms with Gasteiger partial charge in [0.2, 0.25) is 10.0 Å². The maximum Gasteiger partial charge on any atom is 0.214 e. The van der Waals surface area contributed by atoms with Crippen LogP contribution in [0.25, 0.3) is 0 Å². The van der Waals surface area contributed by atoms with Crippen molar-refractivity contribution in [3.05, 3.63) is 0 Å². The van der Waals surface area contributed by atoms with Gasteiger partial charge in [-0.05, 0) is 32.7 Å². The van der Waals surface area contributed by atoms with Crippen LogP contribution in [0, 0.1) is 0 Å². The summed E-state index contributed by atoms with van der Waals surface area (Å²) in [6.45, 7) is 3.77. The molecule has 2 fully saturated rings. The second kappa shape index (κ2) is 4.39. The monoisotopic (exact) mass is 232 g/mol. The van der Waals surface area contributed by atoms with Crippen molar-refractivity contribution in [1.29, 1.82) is 0 Å². The zero-order chi connectivity index (χ0) is 10.9. The molecule has 2 saturated heterocycles. The zero-order valence-corrected chi connectivity index (χ0v) is 10.1. The molecule has 2 heterocycles. The Morgan fingerprint density at radius 2 is 2.13 bits per heavy atom. The highest BCUT2D eigenvalue weighted by molar-refractivity contribution is 7.89. The second-order valence-electron chi connectivity index (χ2n) is 4.58. The fourth-order valence-corrected chi connectivity index (χ4v) is 4.40. The van der Waals surface area contributed by atoms with Gasteiger partial charge in [0.1, 0.15) is 0 Å². The predicted molar refractivity (Wildman–Crippen MR) is 60.2 cm³/mol. The van der Waals surface area contributed by atoms with Crippen molar-refractivity contribution < 1.29 is 8.42 Å². The Balaban J connectivity index is 2.03. The van der Waals surface area contributed by atoms with E-state index in [1.807, 2.05) is 6.92 Å². The lowest BCUT2D eigenvalue weighted by Crippen LogP contribution is -2.50. The molecule has 4 nitrogen and oxygen atoms in total. The molecule has 2 unspecified atom stereocenters. The van der Waals surface area contributed by atoms with Crippen LogP contribution in [0.1, 0.15) is 32.6 Å². The molecular formula is C10H20N2O2S. The van der Waals surface area contributed by atoms with Crippen LogP contribution in [0.4, 0.5) is 0 Å². The minimum atomic E-state index is -2.94. The summed E-state index contributed by atoms with van der Waals surface area (Å²) in [5, 5.41) is 3.43. The van der Waals surface area contributed by atoms with Gasteiger partial charge in [-0.15, -0.1) is 0 Å². The third-order valence-electron chi connectivity index (χ3n) is 3.52. The highest BCUT2D eigenvalue weighted by atomic mass is 32.2. The largest absolute Gasteiger partial charge is 0.312 e. The van der Waals surface area contributed by atoms with Gasteiger partial charge in [-0.25, -0.2) is 8.42 Å². The minimum Gasteiger partial charge on any atom is -0.312 e. The molecule has 0 aromatic heterocycles. The molecule has 88 valence electrons. The molecule has 2 aliphatic rings. The van der Waals surface area contributed by atoms with Crippen LogP contribution in [0.2, 0.25) is 0 Å². The summed E-state index contributed by atoms with van der Waals surface area (Å²) in [5.41, 5.74) is 0. The van der Waals surface area contributed by atoms with Gasteiger partial charge in [-0.1, -0.05) is 6.42 Å². The molecule has 1 N–H and O–H groups in total. The maximum absolute atomic E-state index is 11.7. The normalized spacial score (nSPS) is 34.1. The number of piperidine rings is 1. The zero-order valence-electron chi connectivity index (χ0n) is 9.28. The highest BCUT2D eigenvalue weighted by Gasteiger charge is 2.36. The van der Waals surface area contributed by atoms with Crippen molar-refractivity contribution in [1.82, 2.24) is 9.62 Å². The Morgan fingerprint density at radius 3 is 2.67 bits per heavy atom. The van der Waals surface area contributed by atoms with Gasteiger partial charge >= 0.3 is 0 Å². The lowest BCUT2D eigenvalue weighted by Gasteiger charge is -2.33. The summed E-state index contributed by atoms with van der Waals surface area (Å²) >= 11 is 0. The molecule has 0 aromatic rings. The van der Waals surface area contributed by atoms with Crippen LogP contribution >= 0.6 is 0 Å². The third-order valence-corrected chi connectivity index (χ3v) is 5.56. The van der Waals surface area contributed by atoms with Gasteiger partial charge in [0.05, 0.1) is 5.75 Å². The number of nitrogens with zero attached hydrogens (tertiary/aromatic N) is 1. The fourth-order valence-electron chi connectivity index (χ4n) is 2.61. The predicted octanol–water partition coefficient (Wildman–Crippen LogP) is 0.552. The molecule has 0 radical (unpaired) electrons. The molecule has 15 heavy (non-hydrogen) atoms. The van der Waals surface area contributed by atoms with Crippen LogP contribution in [0.15, 0.2) is 0 Å². The standard InChI is InChI=1S/C10H20N2O2S/c1-9(10-5-2-3-6-11-10)12-7-4-8-15(12,13)14/h9-11H,2-8H2,1H3. The molecule has 0 spiro atoms. The molecule has 0 saturated carbocycles. The average molecular weight is 232 g/mol. The van der Waals surface area contributed by atoms with Crippen LogP contribution in [-0.2, 0) is 10.0 Å². The molecule has 5 heteroatoms. The van der Waals surface area contributed by atoms with Gasteiger partial charge in [0, 0.05) is 18.6 Å². The van der Waals surface area contributed by atoms with Gasteiger partial charge in [0.15, 0.2) is 0 Å². The smallest absolute Gasteiger partial charge is 0.214 e. The van der Waals surface area contributed by atoms with Crippen LogP contribution < -0.4 is 5.32 Å². The van der Waals surface area contributed by atoms with Crippen molar-refractivity contribution in [2.24, 2.45) is 0 Å². The van der Waals surface area contributed by atoms with Gasteiger partial charge in [-0.3, -0.25) is 0 Å². The van der Waals surface area contributed by atoms with E-state index in [-0.39, 0.29) is 6.04 Å². The number of hydrogen-bond acceptors (Lipinski definition) is 3. The van der Waals surface area contributed by atoms with E-state index in [0.29, 0.717) is 18.3 Å². The Morgan fingerprint density at radius 1 is 1.33 bits per heavy atom. The quantitative estimate of drug-likeness (QED) is 0.756. The topological polar surface area (TPSA) is 49.4 Å². The number of sulfonamides is 1. The van der Waals surface area contributed by atoms with E-state index in [9.17, 15) is 8.42 Å². The summed E-state index contributed by atoms with van der Waals surface area (Å²) < 4.78 is 25.2. The first-order valence-corrected chi connectivity index (χ1v) is 7.45. The molecule has 2 atom stereocenters.